The average molecular weight is 241 g/mol. The number of carbonyl (C=O) groups is 1. The van der Waals surface area contributed by atoms with Crippen LogP contribution in [0.4, 0.5) is 0 Å². The number of aromatic nitrogens is 2. The summed E-state index contributed by atoms with van der Waals surface area (Å²) in [5.41, 5.74) is 2.59. The first-order valence-corrected chi connectivity index (χ1v) is 5.81. The second-order valence-electron chi connectivity index (χ2n) is 4.14. The van der Waals surface area contributed by atoms with Gasteiger partial charge in [0.2, 0.25) is 0 Å². The SMILES string of the molecule is Cc1ccccc1C(C)NC(=O)c1cnccn1. The van der Waals surface area contributed by atoms with Crippen LogP contribution in [0.2, 0.25) is 0 Å². The van der Waals surface area contributed by atoms with Crippen molar-refractivity contribution in [1.29, 1.82) is 0 Å². The van der Waals surface area contributed by atoms with Crippen molar-refractivity contribution in [3.63, 3.8) is 0 Å². The number of rotatable bonds is 3. The summed E-state index contributed by atoms with van der Waals surface area (Å²) < 4.78 is 0. The lowest BCUT2D eigenvalue weighted by atomic mass is 10.0. The Morgan fingerprint density at radius 1 is 1.28 bits per heavy atom. The fourth-order valence-corrected chi connectivity index (χ4v) is 1.84. The van der Waals surface area contributed by atoms with Gasteiger partial charge >= 0.3 is 0 Å². The van der Waals surface area contributed by atoms with Crippen molar-refractivity contribution in [1.82, 2.24) is 15.3 Å². The van der Waals surface area contributed by atoms with Crippen molar-refractivity contribution in [2.75, 3.05) is 0 Å². The molecule has 0 fully saturated rings. The van der Waals surface area contributed by atoms with Gasteiger partial charge in [-0.25, -0.2) is 4.98 Å². The van der Waals surface area contributed by atoms with Gasteiger partial charge in [0.15, 0.2) is 0 Å². The van der Waals surface area contributed by atoms with Crippen LogP contribution in [0.5, 0.6) is 0 Å². The highest BCUT2D eigenvalue weighted by atomic mass is 16.1. The van der Waals surface area contributed by atoms with Crippen molar-refractivity contribution >= 4 is 5.91 Å². The first-order chi connectivity index (χ1) is 8.68. The third kappa shape index (κ3) is 2.71. The maximum Gasteiger partial charge on any atom is 0.271 e. The number of nitrogens with one attached hydrogen (secondary N) is 1. The molecule has 0 aliphatic heterocycles. The Morgan fingerprint density at radius 2 is 2.06 bits per heavy atom. The highest BCUT2D eigenvalue weighted by Crippen LogP contribution is 2.16. The second-order valence-corrected chi connectivity index (χ2v) is 4.14. The van der Waals surface area contributed by atoms with E-state index in [4.69, 9.17) is 0 Å². The predicted octanol–water partition coefficient (Wildman–Crippen LogP) is 2.28. The maximum atomic E-state index is 11.9. The molecule has 0 saturated carbocycles. The molecule has 0 aliphatic rings. The summed E-state index contributed by atoms with van der Waals surface area (Å²) in [7, 11) is 0. The van der Waals surface area contributed by atoms with E-state index in [1.807, 2.05) is 38.1 Å². The molecule has 0 radical (unpaired) electrons. The van der Waals surface area contributed by atoms with Crippen molar-refractivity contribution in [2.24, 2.45) is 0 Å². The Labute approximate surface area is 106 Å². The molecule has 1 aromatic carbocycles. The highest BCUT2D eigenvalue weighted by molar-refractivity contribution is 5.92. The number of benzene rings is 1. The van der Waals surface area contributed by atoms with Crippen molar-refractivity contribution < 1.29 is 4.79 Å². The zero-order valence-electron chi connectivity index (χ0n) is 10.4. The summed E-state index contributed by atoms with van der Waals surface area (Å²) in [6, 6.07) is 7.93. The molecule has 2 aromatic rings. The molecule has 0 bridgehead atoms. The fourth-order valence-electron chi connectivity index (χ4n) is 1.84. The monoisotopic (exact) mass is 241 g/mol. The van der Waals surface area contributed by atoms with E-state index in [0.717, 1.165) is 11.1 Å². The van der Waals surface area contributed by atoms with E-state index >= 15 is 0 Å². The molecule has 1 atom stereocenters. The summed E-state index contributed by atoms with van der Waals surface area (Å²) in [6.07, 6.45) is 4.51. The zero-order chi connectivity index (χ0) is 13.0. The van der Waals surface area contributed by atoms with Crippen LogP contribution in [0.15, 0.2) is 42.9 Å². The second kappa shape index (κ2) is 5.40. The largest absolute Gasteiger partial charge is 0.344 e. The summed E-state index contributed by atoms with van der Waals surface area (Å²) in [5, 5.41) is 2.91. The Balaban J connectivity index is 2.11. The molecule has 18 heavy (non-hydrogen) atoms. The fraction of sp³-hybridized carbons (Fsp3) is 0.214. The minimum atomic E-state index is -0.209. The maximum absolute atomic E-state index is 11.9. The van der Waals surface area contributed by atoms with E-state index in [1.165, 1.54) is 12.4 Å². The molecule has 0 saturated heterocycles. The first kappa shape index (κ1) is 12.2. The van der Waals surface area contributed by atoms with E-state index < -0.39 is 0 Å². The van der Waals surface area contributed by atoms with Gasteiger partial charge in [0.1, 0.15) is 5.69 Å². The molecule has 1 amide bonds. The molecule has 0 aliphatic carbocycles. The van der Waals surface area contributed by atoms with Crippen LogP contribution in [0, 0.1) is 6.92 Å². The highest BCUT2D eigenvalue weighted by Gasteiger charge is 2.13. The number of carbonyl (C=O) groups excluding carboxylic acids is 1. The first-order valence-electron chi connectivity index (χ1n) is 5.81. The molecule has 1 unspecified atom stereocenters. The van der Waals surface area contributed by atoms with Crippen LogP contribution in [-0.4, -0.2) is 15.9 Å². The normalized spacial score (nSPS) is 11.9. The molecule has 2 rings (SSSR count). The predicted molar refractivity (Wildman–Crippen MR) is 69.1 cm³/mol. The van der Waals surface area contributed by atoms with E-state index in [0.29, 0.717) is 5.69 Å². The molecule has 1 aromatic heterocycles. The molecule has 0 spiro atoms. The lowest BCUT2D eigenvalue weighted by Gasteiger charge is -2.16. The van der Waals surface area contributed by atoms with Crippen LogP contribution in [0.25, 0.3) is 0 Å². The van der Waals surface area contributed by atoms with Crippen LogP contribution in [0.1, 0.15) is 34.6 Å². The van der Waals surface area contributed by atoms with E-state index in [1.54, 1.807) is 6.20 Å². The van der Waals surface area contributed by atoms with Crippen LogP contribution in [-0.2, 0) is 0 Å². The van der Waals surface area contributed by atoms with E-state index in [2.05, 4.69) is 15.3 Å². The molecular formula is C14H15N3O. The molecule has 1 N–H and O–H groups in total. The molecule has 1 heterocycles. The van der Waals surface area contributed by atoms with Crippen LogP contribution < -0.4 is 5.32 Å². The third-order valence-electron chi connectivity index (χ3n) is 2.80. The Bertz CT molecular complexity index is 540. The number of nitrogens with zero attached hydrogens (tertiary/aromatic N) is 2. The van der Waals surface area contributed by atoms with Gasteiger partial charge in [-0.05, 0) is 25.0 Å². The van der Waals surface area contributed by atoms with Gasteiger partial charge < -0.3 is 5.32 Å². The smallest absolute Gasteiger partial charge is 0.271 e. The van der Waals surface area contributed by atoms with Gasteiger partial charge in [0.05, 0.1) is 12.2 Å². The number of hydrogen-bond donors (Lipinski definition) is 1. The standard InChI is InChI=1S/C14H15N3O/c1-10-5-3-4-6-12(10)11(2)17-14(18)13-9-15-7-8-16-13/h3-9,11H,1-2H3,(H,17,18). The Kier molecular flexibility index (Phi) is 3.67. The molecule has 4 nitrogen and oxygen atoms in total. The summed E-state index contributed by atoms with van der Waals surface area (Å²) >= 11 is 0. The molecular weight excluding hydrogens is 226 g/mol. The topological polar surface area (TPSA) is 54.9 Å². The number of hydrogen-bond acceptors (Lipinski definition) is 3. The van der Waals surface area contributed by atoms with Crippen molar-refractivity contribution in [2.45, 2.75) is 19.9 Å². The molecule has 92 valence electrons. The lowest BCUT2D eigenvalue weighted by molar-refractivity contribution is 0.0934. The minimum Gasteiger partial charge on any atom is -0.344 e. The Hall–Kier alpha value is -2.23. The van der Waals surface area contributed by atoms with Gasteiger partial charge in [-0.1, -0.05) is 24.3 Å². The quantitative estimate of drug-likeness (QED) is 0.896. The van der Waals surface area contributed by atoms with Gasteiger partial charge in [0.25, 0.3) is 5.91 Å². The number of aryl methyl sites for hydroxylation is 1. The van der Waals surface area contributed by atoms with Crippen LogP contribution in [0.3, 0.4) is 0 Å². The summed E-state index contributed by atoms with van der Waals surface area (Å²) in [6.45, 7) is 3.98. The molecule has 4 heteroatoms. The summed E-state index contributed by atoms with van der Waals surface area (Å²) in [5.74, 6) is -0.209. The lowest BCUT2D eigenvalue weighted by Crippen LogP contribution is -2.27. The van der Waals surface area contributed by atoms with Gasteiger partial charge in [-0.2, -0.15) is 0 Å². The number of amides is 1. The van der Waals surface area contributed by atoms with Gasteiger partial charge in [0, 0.05) is 12.4 Å². The van der Waals surface area contributed by atoms with E-state index in [9.17, 15) is 4.79 Å². The summed E-state index contributed by atoms with van der Waals surface area (Å²) in [4.78, 5) is 19.8. The van der Waals surface area contributed by atoms with Crippen molar-refractivity contribution in [3.8, 4) is 0 Å². The van der Waals surface area contributed by atoms with E-state index in [-0.39, 0.29) is 11.9 Å². The van der Waals surface area contributed by atoms with Crippen LogP contribution >= 0.6 is 0 Å². The minimum absolute atomic E-state index is 0.0549. The van der Waals surface area contributed by atoms with Gasteiger partial charge in [-0.15, -0.1) is 0 Å². The third-order valence-corrected chi connectivity index (χ3v) is 2.80. The zero-order valence-corrected chi connectivity index (χ0v) is 10.4. The van der Waals surface area contributed by atoms with Crippen molar-refractivity contribution in [3.05, 3.63) is 59.7 Å². The average Bonchev–Trinajstić information content (AvgIpc) is 2.40. The van der Waals surface area contributed by atoms with Gasteiger partial charge in [-0.3, -0.25) is 9.78 Å². The Morgan fingerprint density at radius 3 is 2.72 bits per heavy atom.